The van der Waals surface area contributed by atoms with E-state index >= 15 is 0 Å². The van der Waals surface area contributed by atoms with Crippen LogP contribution in [0.25, 0.3) is 0 Å². The fraction of sp³-hybridized carbons (Fsp3) is 0.714. The number of hydrogen-bond donors (Lipinski definition) is 1. The van der Waals surface area contributed by atoms with E-state index in [1.807, 2.05) is 0 Å². The van der Waals surface area contributed by atoms with E-state index in [0.717, 1.165) is 6.26 Å². The number of aliphatic hydroxyl groups excluding tert-OH is 1. The quantitative estimate of drug-likeness (QED) is 0.593. The van der Waals surface area contributed by atoms with Gasteiger partial charge < -0.3 is 5.11 Å². The largest absolute Gasteiger partial charge is 0.379 e. The molecule has 0 amide bonds. The van der Waals surface area contributed by atoms with Gasteiger partial charge in [-0.15, -0.1) is 5.92 Å². The molecule has 0 unspecified atom stereocenters. The van der Waals surface area contributed by atoms with E-state index in [1.54, 1.807) is 6.92 Å². The Morgan fingerprint density at radius 1 is 1.45 bits per heavy atom. The first-order chi connectivity index (χ1) is 4.89. The van der Waals surface area contributed by atoms with Gasteiger partial charge in [-0.1, -0.05) is 5.92 Å². The lowest BCUT2D eigenvalue weighted by Crippen LogP contribution is -2.29. The molecule has 0 saturated carbocycles. The molecule has 2 atom stereocenters. The minimum Gasteiger partial charge on any atom is -0.379 e. The summed E-state index contributed by atoms with van der Waals surface area (Å²) in [5.41, 5.74) is 0. The van der Waals surface area contributed by atoms with Crippen LogP contribution in [0.15, 0.2) is 0 Å². The van der Waals surface area contributed by atoms with Crippen LogP contribution in [0.3, 0.4) is 0 Å². The van der Waals surface area contributed by atoms with Crippen molar-refractivity contribution < 1.29 is 13.5 Å². The summed E-state index contributed by atoms with van der Waals surface area (Å²) in [7, 11) is -3.18. The third kappa shape index (κ3) is 3.40. The van der Waals surface area contributed by atoms with Gasteiger partial charge in [-0.3, -0.25) is 0 Å². The van der Waals surface area contributed by atoms with Crippen molar-refractivity contribution in [2.45, 2.75) is 25.2 Å². The molecule has 0 radical (unpaired) electrons. The molecule has 0 rings (SSSR count). The van der Waals surface area contributed by atoms with Gasteiger partial charge in [0.15, 0.2) is 9.84 Å². The molecule has 0 aromatic carbocycles. The normalized spacial score (nSPS) is 16.4. The summed E-state index contributed by atoms with van der Waals surface area (Å²) >= 11 is 0. The highest BCUT2D eigenvalue weighted by atomic mass is 32.2. The van der Waals surface area contributed by atoms with E-state index in [1.165, 1.54) is 6.92 Å². The van der Waals surface area contributed by atoms with Gasteiger partial charge >= 0.3 is 0 Å². The molecule has 0 fully saturated rings. The highest BCUT2D eigenvalue weighted by molar-refractivity contribution is 7.91. The van der Waals surface area contributed by atoms with Crippen LogP contribution in [-0.4, -0.2) is 31.1 Å². The summed E-state index contributed by atoms with van der Waals surface area (Å²) in [6.45, 7) is 2.99. The van der Waals surface area contributed by atoms with E-state index < -0.39 is 21.2 Å². The second-order valence-corrected chi connectivity index (χ2v) is 4.78. The monoisotopic (exact) mass is 176 g/mol. The Bertz CT molecular complexity index is 268. The number of sulfone groups is 1. The van der Waals surface area contributed by atoms with Crippen LogP contribution < -0.4 is 0 Å². The molecule has 0 aromatic rings. The Kier molecular flexibility index (Phi) is 3.56. The molecule has 3 nitrogen and oxygen atoms in total. The van der Waals surface area contributed by atoms with Crippen LogP contribution in [0, 0.1) is 11.8 Å². The van der Waals surface area contributed by atoms with Gasteiger partial charge in [-0.2, -0.15) is 0 Å². The maximum absolute atomic E-state index is 10.8. The zero-order chi connectivity index (χ0) is 9.07. The summed E-state index contributed by atoms with van der Waals surface area (Å²) in [4.78, 5) is 0. The summed E-state index contributed by atoms with van der Waals surface area (Å²) in [6, 6.07) is 0. The van der Waals surface area contributed by atoms with E-state index in [9.17, 15) is 8.42 Å². The Morgan fingerprint density at radius 3 is 2.18 bits per heavy atom. The van der Waals surface area contributed by atoms with Gasteiger partial charge in [0.05, 0.1) is 5.25 Å². The molecule has 4 heteroatoms. The van der Waals surface area contributed by atoms with E-state index in [2.05, 4.69) is 11.8 Å². The average Bonchev–Trinajstić information content (AvgIpc) is 1.85. The maximum Gasteiger partial charge on any atom is 0.153 e. The highest BCUT2D eigenvalue weighted by Gasteiger charge is 2.21. The minimum atomic E-state index is -3.18. The molecule has 0 spiro atoms. The first kappa shape index (κ1) is 10.5. The Labute approximate surface area is 67.3 Å². The van der Waals surface area contributed by atoms with Crippen molar-refractivity contribution in [1.82, 2.24) is 0 Å². The van der Waals surface area contributed by atoms with Crippen LogP contribution in [0.2, 0.25) is 0 Å². The van der Waals surface area contributed by atoms with Crippen molar-refractivity contribution in [2.24, 2.45) is 0 Å². The molecule has 0 aliphatic heterocycles. The second-order valence-electron chi connectivity index (χ2n) is 2.37. The topological polar surface area (TPSA) is 54.4 Å². The lowest BCUT2D eigenvalue weighted by Gasteiger charge is -2.10. The van der Waals surface area contributed by atoms with Crippen LogP contribution in [0.5, 0.6) is 0 Å². The van der Waals surface area contributed by atoms with E-state index in [-0.39, 0.29) is 0 Å². The predicted molar refractivity (Wildman–Crippen MR) is 43.8 cm³/mol. The zero-order valence-electron chi connectivity index (χ0n) is 6.83. The van der Waals surface area contributed by atoms with Crippen LogP contribution in [0.1, 0.15) is 13.8 Å². The summed E-state index contributed by atoms with van der Waals surface area (Å²) < 4.78 is 21.6. The smallest absolute Gasteiger partial charge is 0.153 e. The Balaban J connectivity index is 4.47. The molecule has 0 heterocycles. The standard InChI is InChI=1S/C7H12O3S/c1-4-5-7(8)6(2)11(3,9)10/h6-8H,1-3H3/t6-,7+/m0/s1. The van der Waals surface area contributed by atoms with Gasteiger partial charge in [-0.25, -0.2) is 8.42 Å². The van der Waals surface area contributed by atoms with Crippen molar-refractivity contribution in [3.8, 4) is 11.8 Å². The molecule has 11 heavy (non-hydrogen) atoms. The lowest BCUT2D eigenvalue weighted by molar-refractivity contribution is 0.230. The van der Waals surface area contributed by atoms with Gasteiger partial charge in [0.1, 0.15) is 6.10 Å². The number of aliphatic hydroxyl groups is 1. The predicted octanol–water partition coefficient (Wildman–Crippen LogP) is -0.196. The zero-order valence-corrected chi connectivity index (χ0v) is 7.64. The van der Waals surface area contributed by atoms with Crippen molar-refractivity contribution in [3.05, 3.63) is 0 Å². The first-order valence-corrected chi connectivity index (χ1v) is 5.14. The maximum atomic E-state index is 10.8. The van der Waals surface area contributed by atoms with Gasteiger partial charge in [0.2, 0.25) is 0 Å². The SMILES string of the molecule is CC#C[C@@H](O)[C@H](C)S(C)(=O)=O. The lowest BCUT2D eigenvalue weighted by atomic mass is 10.3. The van der Waals surface area contributed by atoms with Gasteiger partial charge in [0.25, 0.3) is 0 Å². The molecule has 0 aliphatic rings. The average molecular weight is 176 g/mol. The van der Waals surface area contributed by atoms with Gasteiger partial charge in [0, 0.05) is 6.26 Å². The molecule has 64 valence electrons. The van der Waals surface area contributed by atoms with Crippen molar-refractivity contribution >= 4 is 9.84 Å². The molecule has 0 aliphatic carbocycles. The minimum absolute atomic E-state index is 0.810. The molecule has 0 bridgehead atoms. The van der Waals surface area contributed by atoms with Crippen molar-refractivity contribution in [1.29, 1.82) is 0 Å². The summed E-state index contributed by atoms with van der Waals surface area (Å²) in [5.74, 6) is 4.83. The third-order valence-electron chi connectivity index (χ3n) is 1.41. The molecular formula is C7H12O3S. The van der Waals surface area contributed by atoms with Crippen molar-refractivity contribution in [3.63, 3.8) is 0 Å². The third-order valence-corrected chi connectivity index (χ3v) is 3.02. The van der Waals surface area contributed by atoms with Crippen LogP contribution >= 0.6 is 0 Å². The fourth-order valence-corrected chi connectivity index (χ4v) is 1.04. The Morgan fingerprint density at radius 2 is 1.91 bits per heavy atom. The molecule has 1 N–H and O–H groups in total. The highest BCUT2D eigenvalue weighted by Crippen LogP contribution is 2.02. The van der Waals surface area contributed by atoms with Crippen LogP contribution in [-0.2, 0) is 9.84 Å². The fourth-order valence-electron chi connectivity index (χ4n) is 0.499. The van der Waals surface area contributed by atoms with Crippen molar-refractivity contribution in [2.75, 3.05) is 6.26 Å². The molecule has 0 saturated heterocycles. The summed E-state index contributed by atoms with van der Waals surface area (Å²) in [5, 5.41) is 8.29. The van der Waals surface area contributed by atoms with E-state index in [0.29, 0.717) is 0 Å². The van der Waals surface area contributed by atoms with E-state index in [4.69, 9.17) is 5.11 Å². The second kappa shape index (κ2) is 3.74. The first-order valence-electron chi connectivity index (χ1n) is 3.18. The Hall–Kier alpha value is -0.530. The van der Waals surface area contributed by atoms with Gasteiger partial charge in [-0.05, 0) is 13.8 Å². The number of rotatable bonds is 2. The van der Waals surface area contributed by atoms with Crippen LogP contribution in [0.4, 0.5) is 0 Å². The summed E-state index contributed by atoms with van der Waals surface area (Å²) in [6.07, 6.45) is 0.00750. The number of hydrogen-bond acceptors (Lipinski definition) is 3. The molecular weight excluding hydrogens is 164 g/mol. The molecule has 0 aromatic heterocycles.